The number of ether oxygens (including phenoxy) is 4. The molecule has 1 unspecified atom stereocenters. The number of piperidine rings is 1. The third-order valence-electron chi connectivity index (χ3n) is 7.80. The molecule has 1 amide bonds. The molecule has 3 atom stereocenters. The maximum absolute atomic E-state index is 15.5. The molecule has 2 aliphatic heterocycles. The van der Waals surface area contributed by atoms with E-state index in [1.807, 2.05) is 48.5 Å². The Bertz CT molecular complexity index is 1270. The van der Waals surface area contributed by atoms with Gasteiger partial charge in [0, 0.05) is 23.7 Å². The van der Waals surface area contributed by atoms with E-state index in [4.69, 9.17) is 18.9 Å². The first-order valence-corrected chi connectivity index (χ1v) is 13.3. The minimum atomic E-state index is -0.649. The zero-order chi connectivity index (χ0) is 27.4. The Morgan fingerprint density at radius 3 is 1.95 bits per heavy atom. The fourth-order valence-electron chi connectivity index (χ4n) is 5.50. The van der Waals surface area contributed by atoms with E-state index in [2.05, 4.69) is 17.3 Å². The molecule has 2 fully saturated rings. The third-order valence-corrected chi connectivity index (χ3v) is 7.80. The second-order valence-electron chi connectivity index (χ2n) is 10.3. The van der Waals surface area contributed by atoms with Gasteiger partial charge in [0.05, 0.1) is 14.2 Å². The zero-order valence-corrected chi connectivity index (χ0v) is 22.6. The molecule has 7 nitrogen and oxygen atoms in total. The second kappa shape index (κ2) is 11.9. The van der Waals surface area contributed by atoms with Crippen molar-refractivity contribution in [3.63, 3.8) is 0 Å². The van der Waals surface area contributed by atoms with Crippen molar-refractivity contribution >= 4 is 5.91 Å². The Labute approximate surface area is 228 Å². The molecule has 3 aromatic rings. The van der Waals surface area contributed by atoms with Crippen LogP contribution in [-0.2, 0) is 13.2 Å². The molecular formula is C31H35FN2O5. The van der Waals surface area contributed by atoms with Crippen LogP contribution in [0.4, 0.5) is 4.39 Å². The van der Waals surface area contributed by atoms with E-state index in [9.17, 15) is 4.79 Å². The number of fused-ring (bicyclic) bond motifs is 2. The van der Waals surface area contributed by atoms with Crippen LogP contribution in [0.1, 0.15) is 47.2 Å². The first-order valence-electron chi connectivity index (χ1n) is 13.3. The van der Waals surface area contributed by atoms with Gasteiger partial charge < -0.3 is 29.2 Å². The van der Waals surface area contributed by atoms with E-state index in [1.54, 1.807) is 20.3 Å². The van der Waals surface area contributed by atoms with E-state index in [1.165, 1.54) is 6.07 Å². The molecule has 1 N–H and O–H groups in total. The van der Waals surface area contributed by atoms with Gasteiger partial charge in [-0.15, -0.1) is 0 Å². The van der Waals surface area contributed by atoms with Crippen molar-refractivity contribution in [1.29, 1.82) is 0 Å². The van der Waals surface area contributed by atoms with Crippen LogP contribution < -0.4 is 24.3 Å². The van der Waals surface area contributed by atoms with Crippen LogP contribution in [0.15, 0.2) is 60.7 Å². The number of halogens is 1. The van der Waals surface area contributed by atoms with Gasteiger partial charge in [0.15, 0.2) is 17.3 Å². The fourth-order valence-corrected chi connectivity index (χ4v) is 5.50. The summed E-state index contributed by atoms with van der Waals surface area (Å²) < 4.78 is 37.8. The van der Waals surface area contributed by atoms with E-state index >= 15 is 4.39 Å². The summed E-state index contributed by atoms with van der Waals surface area (Å²) >= 11 is 0. The smallest absolute Gasteiger partial charge is 0.251 e. The van der Waals surface area contributed by atoms with Gasteiger partial charge >= 0.3 is 0 Å². The van der Waals surface area contributed by atoms with Crippen molar-refractivity contribution in [3.05, 3.63) is 83.2 Å². The molecule has 0 aromatic heterocycles. The average Bonchev–Trinajstić information content (AvgIpc) is 3.15. The molecule has 39 heavy (non-hydrogen) atoms. The number of benzene rings is 3. The van der Waals surface area contributed by atoms with Gasteiger partial charge in [-0.1, -0.05) is 24.3 Å². The fraction of sp³-hybridized carbons (Fsp3) is 0.387. The van der Waals surface area contributed by atoms with Crippen LogP contribution >= 0.6 is 0 Å². The number of amides is 1. The summed E-state index contributed by atoms with van der Waals surface area (Å²) in [7, 11) is 5.36. The van der Waals surface area contributed by atoms with E-state index in [-0.39, 0.29) is 42.2 Å². The molecule has 2 heterocycles. The third kappa shape index (κ3) is 6.28. The van der Waals surface area contributed by atoms with Crippen molar-refractivity contribution < 1.29 is 28.1 Å². The summed E-state index contributed by atoms with van der Waals surface area (Å²) in [5.41, 5.74) is 1.92. The normalized spacial score (nSPS) is 20.4. The Morgan fingerprint density at radius 2 is 1.41 bits per heavy atom. The Morgan fingerprint density at radius 1 is 0.872 bits per heavy atom. The lowest BCUT2D eigenvalue weighted by Gasteiger charge is -2.36. The molecule has 8 heteroatoms. The molecule has 2 bridgehead atoms. The SMILES string of the molecule is COc1ccc(COc2cc(C(=O)NC3C[C@H]4CC[C@@H](C3)N4C)cc(F)c2OCc2ccc(OC)cc2)cc1. The number of nitrogens with zero attached hydrogens (tertiary/aromatic N) is 1. The summed E-state index contributed by atoms with van der Waals surface area (Å²) in [6.45, 7) is 0.301. The highest BCUT2D eigenvalue weighted by atomic mass is 19.1. The van der Waals surface area contributed by atoms with Crippen molar-refractivity contribution in [2.24, 2.45) is 0 Å². The van der Waals surface area contributed by atoms with Gasteiger partial charge in [-0.2, -0.15) is 0 Å². The van der Waals surface area contributed by atoms with Gasteiger partial charge in [-0.3, -0.25) is 4.79 Å². The Hall–Kier alpha value is -3.78. The minimum absolute atomic E-state index is 0.0341. The summed E-state index contributed by atoms with van der Waals surface area (Å²) in [5.74, 6) is 0.639. The number of nitrogens with one attached hydrogen (secondary N) is 1. The predicted octanol–water partition coefficient (Wildman–Crippen LogP) is 5.36. The molecule has 2 saturated heterocycles. The Kier molecular flexibility index (Phi) is 8.21. The van der Waals surface area contributed by atoms with Crippen LogP contribution in [0.3, 0.4) is 0 Å². The highest BCUT2D eigenvalue weighted by Gasteiger charge is 2.39. The number of rotatable bonds is 10. The molecule has 0 radical (unpaired) electrons. The number of methoxy groups -OCH3 is 2. The van der Waals surface area contributed by atoms with Gasteiger partial charge in [0.1, 0.15) is 24.7 Å². The predicted molar refractivity (Wildman–Crippen MR) is 146 cm³/mol. The highest BCUT2D eigenvalue weighted by Crippen LogP contribution is 2.36. The van der Waals surface area contributed by atoms with Gasteiger partial charge in [0.2, 0.25) is 0 Å². The maximum atomic E-state index is 15.5. The van der Waals surface area contributed by atoms with Crippen LogP contribution in [0.2, 0.25) is 0 Å². The van der Waals surface area contributed by atoms with Crippen LogP contribution in [-0.4, -0.2) is 50.2 Å². The van der Waals surface area contributed by atoms with Crippen LogP contribution in [0.5, 0.6) is 23.0 Å². The summed E-state index contributed by atoms with van der Waals surface area (Å²) in [6, 6.07) is 18.6. The lowest BCUT2D eigenvalue weighted by atomic mass is 9.97. The monoisotopic (exact) mass is 534 g/mol. The maximum Gasteiger partial charge on any atom is 0.251 e. The number of carbonyl (C=O) groups excluding carboxylic acids is 1. The molecule has 3 aromatic carbocycles. The van der Waals surface area contributed by atoms with Gasteiger partial charge in [0.25, 0.3) is 5.91 Å². The van der Waals surface area contributed by atoms with Crippen molar-refractivity contribution in [2.75, 3.05) is 21.3 Å². The summed E-state index contributed by atoms with van der Waals surface area (Å²) in [6.07, 6.45) is 4.13. The minimum Gasteiger partial charge on any atom is -0.497 e. The average molecular weight is 535 g/mol. The van der Waals surface area contributed by atoms with Crippen LogP contribution in [0.25, 0.3) is 0 Å². The molecular weight excluding hydrogens is 499 g/mol. The number of hydrogen-bond donors (Lipinski definition) is 1. The first-order chi connectivity index (χ1) is 18.9. The summed E-state index contributed by atoms with van der Waals surface area (Å²) in [5, 5.41) is 3.13. The molecule has 206 valence electrons. The molecule has 2 aliphatic rings. The van der Waals surface area contributed by atoms with E-state index in [0.29, 0.717) is 12.1 Å². The number of carbonyl (C=O) groups is 1. The largest absolute Gasteiger partial charge is 0.497 e. The van der Waals surface area contributed by atoms with Crippen molar-refractivity contribution in [1.82, 2.24) is 10.2 Å². The molecule has 0 spiro atoms. The van der Waals surface area contributed by atoms with Crippen LogP contribution in [0, 0.1) is 5.82 Å². The quantitative estimate of drug-likeness (QED) is 0.378. The van der Waals surface area contributed by atoms with Crippen molar-refractivity contribution in [2.45, 2.75) is 57.0 Å². The molecule has 0 aliphatic carbocycles. The molecule has 0 saturated carbocycles. The van der Waals surface area contributed by atoms with Crippen molar-refractivity contribution in [3.8, 4) is 23.0 Å². The topological polar surface area (TPSA) is 69.3 Å². The Balaban J connectivity index is 1.34. The van der Waals surface area contributed by atoms with E-state index in [0.717, 1.165) is 48.3 Å². The lowest BCUT2D eigenvalue weighted by molar-refractivity contribution is 0.0881. The first kappa shape index (κ1) is 26.8. The van der Waals surface area contributed by atoms with Gasteiger partial charge in [-0.25, -0.2) is 4.39 Å². The zero-order valence-electron chi connectivity index (χ0n) is 22.6. The number of hydrogen-bond acceptors (Lipinski definition) is 6. The highest BCUT2D eigenvalue weighted by molar-refractivity contribution is 5.95. The lowest BCUT2D eigenvalue weighted by Crippen LogP contribution is -2.48. The summed E-state index contributed by atoms with van der Waals surface area (Å²) in [4.78, 5) is 15.6. The van der Waals surface area contributed by atoms with Gasteiger partial charge in [-0.05, 0) is 80.3 Å². The standard InChI is InChI=1S/C31H35FN2O5/c1-34-24-8-9-25(34)17-23(16-24)33-31(35)22-14-28(32)30(39-19-21-6-12-27(37-3)13-7-21)29(15-22)38-18-20-4-10-26(36-2)11-5-20/h4-7,10-15,23-25H,8-9,16-19H2,1-3H3,(H,33,35)/t23?,24-,25+. The molecule has 5 rings (SSSR count). The van der Waals surface area contributed by atoms with E-state index < -0.39 is 5.82 Å². The second-order valence-corrected chi connectivity index (χ2v) is 10.3.